The van der Waals surface area contributed by atoms with Crippen LogP contribution in [0.25, 0.3) is 0 Å². The van der Waals surface area contributed by atoms with Gasteiger partial charge in [0.2, 0.25) is 0 Å². The number of carbonyl (C=O) groups excluding carboxylic acids is 2. The predicted molar refractivity (Wildman–Crippen MR) is 70.9 cm³/mol. The molecule has 0 saturated heterocycles. The van der Waals surface area contributed by atoms with E-state index in [1.807, 2.05) is 0 Å². The fourth-order valence-electron chi connectivity index (χ4n) is 1.38. The number of nitrogens with one attached hydrogen (secondary N) is 1. The number of benzene rings is 1. The van der Waals surface area contributed by atoms with Gasteiger partial charge < -0.3 is 11.1 Å². The first kappa shape index (κ1) is 12.3. The molecule has 3 N–H and O–H groups in total. The monoisotopic (exact) mass is 261 g/mol. The van der Waals surface area contributed by atoms with E-state index >= 15 is 0 Å². The van der Waals surface area contributed by atoms with Crippen molar-refractivity contribution in [2.75, 3.05) is 11.1 Å². The summed E-state index contributed by atoms with van der Waals surface area (Å²) in [6.45, 7) is 1.49. The first-order valence-corrected chi connectivity index (χ1v) is 6.07. The Morgan fingerprint density at radius 1 is 1.28 bits per heavy atom. The lowest BCUT2D eigenvalue weighted by Gasteiger charge is -2.03. The molecule has 1 aromatic carbocycles. The van der Waals surface area contributed by atoms with Gasteiger partial charge in [-0.2, -0.15) is 0 Å². The molecular weight excluding hydrogens is 250 g/mol. The van der Waals surface area contributed by atoms with Crippen molar-refractivity contribution in [3.05, 3.63) is 40.9 Å². The number of ketones is 1. The Balaban J connectivity index is 2.10. The van der Waals surface area contributed by atoms with Crippen molar-refractivity contribution < 1.29 is 9.59 Å². The third-order valence-corrected chi connectivity index (χ3v) is 2.98. The largest absolute Gasteiger partial charge is 0.375 e. The van der Waals surface area contributed by atoms with Gasteiger partial charge in [-0.3, -0.25) is 9.59 Å². The Kier molecular flexibility index (Phi) is 3.38. The molecule has 1 heterocycles. The first-order chi connectivity index (χ1) is 8.56. The fraction of sp³-hybridized carbons (Fsp3) is 0.0833. The van der Waals surface area contributed by atoms with Crippen LogP contribution >= 0.6 is 11.3 Å². The molecule has 0 atom stereocenters. The summed E-state index contributed by atoms with van der Waals surface area (Å²) in [6, 6.07) is 6.66. The van der Waals surface area contributed by atoms with E-state index in [1.54, 1.807) is 29.6 Å². The van der Waals surface area contributed by atoms with Crippen LogP contribution in [0.4, 0.5) is 10.8 Å². The molecule has 5 nitrogen and oxygen atoms in total. The highest BCUT2D eigenvalue weighted by Crippen LogP contribution is 2.14. The average molecular weight is 261 g/mol. The van der Waals surface area contributed by atoms with E-state index in [1.165, 1.54) is 18.3 Å². The molecule has 0 radical (unpaired) electrons. The summed E-state index contributed by atoms with van der Waals surface area (Å²) >= 11 is 1.21. The van der Waals surface area contributed by atoms with Crippen molar-refractivity contribution in [1.29, 1.82) is 0 Å². The second kappa shape index (κ2) is 4.97. The molecule has 0 bridgehead atoms. The van der Waals surface area contributed by atoms with Crippen molar-refractivity contribution in [3.63, 3.8) is 0 Å². The van der Waals surface area contributed by atoms with Gasteiger partial charge in [-0.15, -0.1) is 11.3 Å². The number of hydrogen-bond acceptors (Lipinski definition) is 5. The molecule has 2 rings (SSSR count). The number of thiazole rings is 1. The van der Waals surface area contributed by atoms with Crippen LogP contribution in [-0.4, -0.2) is 16.7 Å². The minimum Gasteiger partial charge on any atom is -0.375 e. The lowest BCUT2D eigenvalue weighted by Crippen LogP contribution is -2.12. The number of aromatic nitrogens is 1. The molecule has 0 unspecified atom stereocenters. The zero-order chi connectivity index (χ0) is 13.1. The van der Waals surface area contributed by atoms with Crippen molar-refractivity contribution in [3.8, 4) is 0 Å². The van der Waals surface area contributed by atoms with Gasteiger partial charge in [0.1, 0.15) is 5.69 Å². The van der Waals surface area contributed by atoms with E-state index < -0.39 is 0 Å². The molecule has 1 aromatic heterocycles. The number of anilines is 2. The third-order valence-electron chi connectivity index (χ3n) is 2.30. The molecule has 1 amide bonds. The van der Waals surface area contributed by atoms with E-state index in [0.29, 0.717) is 16.4 Å². The van der Waals surface area contributed by atoms with E-state index in [-0.39, 0.29) is 17.4 Å². The lowest BCUT2D eigenvalue weighted by molar-refractivity contribution is 0.101. The number of carbonyl (C=O) groups is 2. The van der Waals surface area contributed by atoms with Gasteiger partial charge in [0.05, 0.1) is 0 Å². The highest BCUT2D eigenvalue weighted by molar-refractivity contribution is 7.13. The standard InChI is InChI=1S/C12H11N3O2S/c1-7(16)8-2-4-9(5-3-8)14-11(17)10-6-18-12(13)15-10/h2-6H,1H3,(H2,13,15)(H,14,17). The van der Waals surface area contributed by atoms with E-state index in [0.717, 1.165) is 0 Å². The molecule has 6 heteroatoms. The summed E-state index contributed by atoms with van der Waals surface area (Å²) < 4.78 is 0. The lowest BCUT2D eigenvalue weighted by atomic mass is 10.1. The average Bonchev–Trinajstić information content (AvgIpc) is 2.76. The summed E-state index contributed by atoms with van der Waals surface area (Å²) in [6.07, 6.45) is 0. The minimum atomic E-state index is -0.321. The SMILES string of the molecule is CC(=O)c1ccc(NC(=O)c2csc(N)n2)cc1. The van der Waals surface area contributed by atoms with Crippen LogP contribution in [0.15, 0.2) is 29.6 Å². The van der Waals surface area contributed by atoms with Crippen molar-refractivity contribution in [2.45, 2.75) is 6.92 Å². The Hall–Kier alpha value is -2.21. The number of amides is 1. The van der Waals surface area contributed by atoms with Crippen LogP contribution < -0.4 is 11.1 Å². The van der Waals surface area contributed by atoms with Crippen molar-refractivity contribution in [2.24, 2.45) is 0 Å². The molecular formula is C12H11N3O2S. The number of Topliss-reactive ketones (excluding diaryl/α,β-unsaturated/α-hetero) is 1. The molecule has 18 heavy (non-hydrogen) atoms. The van der Waals surface area contributed by atoms with Crippen LogP contribution in [0.5, 0.6) is 0 Å². The number of nitrogens with zero attached hydrogens (tertiary/aromatic N) is 1. The normalized spacial score (nSPS) is 10.1. The van der Waals surface area contributed by atoms with Crippen LogP contribution in [0.3, 0.4) is 0 Å². The molecule has 0 aliphatic rings. The van der Waals surface area contributed by atoms with Crippen LogP contribution in [-0.2, 0) is 0 Å². The summed E-state index contributed by atoms with van der Waals surface area (Å²) in [5, 5.41) is 4.62. The molecule has 2 aromatic rings. The number of hydrogen-bond donors (Lipinski definition) is 2. The maximum Gasteiger partial charge on any atom is 0.275 e. The second-order valence-corrected chi connectivity index (χ2v) is 4.55. The van der Waals surface area contributed by atoms with Gasteiger partial charge in [0.25, 0.3) is 5.91 Å². The summed E-state index contributed by atoms with van der Waals surface area (Å²) in [4.78, 5) is 26.7. The summed E-state index contributed by atoms with van der Waals surface area (Å²) in [5.74, 6) is -0.335. The van der Waals surface area contributed by atoms with Crippen LogP contribution in [0.2, 0.25) is 0 Å². The predicted octanol–water partition coefficient (Wildman–Crippen LogP) is 2.18. The van der Waals surface area contributed by atoms with E-state index in [2.05, 4.69) is 10.3 Å². The van der Waals surface area contributed by atoms with Crippen molar-refractivity contribution in [1.82, 2.24) is 4.98 Å². The van der Waals surface area contributed by atoms with E-state index in [4.69, 9.17) is 5.73 Å². The van der Waals surface area contributed by atoms with Gasteiger partial charge in [-0.1, -0.05) is 0 Å². The maximum absolute atomic E-state index is 11.8. The maximum atomic E-state index is 11.8. The quantitative estimate of drug-likeness (QED) is 0.829. The topological polar surface area (TPSA) is 85.1 Å². The van der Waals surface area contributed by atoms with E-state index in [9.17, 15) is 9.59 Å². The van der Waals surface area contributed by atoms with Gasteiger partial charge in [0, 0.05) is 16.6 Å². The molecule has 0 aliphatic carbocycles. The molecule has 92 valence electrons. The fourth-order valence-corrected chi connectivity index (χ4v) is 1.92. The third kappa shape index (κ3) is 2.72. The highest BCUT2D eigenvalue weighted by Gasteiger charge is 2.09. The van der Waals surface area contributed by atoms with Crippen LogP contribution in [0, 0.1) is 0 Å². The zero-order valence-corrected chi connectivity index (χ0v) is 10.5. The number of nitrogens with two attached hydrogens (primary N) is 1. The van der Waals surface area contributed by atoms with Crippen LogP contribution in [0.1, 0.15) is 27.8 Å². The van der Waals surface area contributed by atoms with Crippen molar-refractivity contribution >= 4 is 33.8 Å². The Bertz CT molecular complexity index is 590. The van der Waals surface area contributed by atoms with Gasteiger partial charge in [0.15, 0.2) is 10.9 Å². The van der Waals surface area contributed by atoms with Gasteiger partial charge in [-0.25, -0.2) is 4.98 Å². The summed E-state index contributed by atoms with van der Waals surface area (Å²) in [5.41, 5.74) is 6.95. The first-order valence-electron chi connectivity index (χ1n) is 5.19. The Morgan fingerprint density at radius 3 is 2.44 bits per heavy atom. The number of nitrogen functional groups attached to an aromatic ring is 1. The Morgan fingerprint density at radius 2 is 1.94 bits per heavy atom. The summed E-state index contributed by atoms with van der Waals surface area (Å²) in [7, 11) is 0. The minimum absolute atomic E-state index is 0.0137. The second-order valence-electron chi connectivity index (χ2n) is 3.66. The highest BCUT2D eigenvalue weighted by atomic mass is 32.1. The molecule has 0 fully saturated rings. The zero-order valence-electron chi connectivity index (χ0n) is 9.64. The Labute approximate surface area is 108 Å². The number of rotatable bonds is 3. The molecule has 0 saturated carbocycles. The molecule has 0 spiro atoms. The molecule has 0 aliphatic heterocycles. The smallest absolute Gasteiger partial charge is 0.275 e. The van der Waals surface area contributed by atoms with Gasteiger partial charge >= 0.3 is 0 Å². The van der Waals surface area contributed by atoms with Gasteiger partial charge in [-0.05, 0) is 31.2 Å².